The van der Waals surface area contributed by atoms with Crippen LogP contribution in [0.1, 0.15) is 25.3 Å². The molecule has 2 rings (SSSR count). The number of halogens is 1. The second-order valence-corrected chi connectivity index (χ2v) is 5.33. The first-order chi connectivity index (χ1) is 8.03. The third kappa shape index (κ3) is 2.73. The van der Waals surface area contributed by atoms with E-state index >= 15 is 0 Å². The van der Waals surface area contributed by atoms with Gasteiger partial charge in [-0.3, -0.25) is 0 Å². The lowest BCUT2D eigenvalue weighted by Crippen LogP contribution is -2.46. The normalized spacial score (nSPS) is 25.1. The number of rotatable bonds is 2. The zero-order valence-corrected chi connectivity index (χ0v) is 10.7. The van der Waals surface area contributed by atoms with Gasteiger partial charge >= 0.3 is 0 Å². The van der Waals surface area contributed by atoms with Crippen LogP contribution in [0.15, 0.2) is 18.2 Å². The number of anilines is 1. The van der Waals surface area contributed by atoms with Gasteiger partial charge in [0.2, 0.25) is 0 Å². The highest BCUT2D eigenvalue weighted by molar-refractivity contribution is 6.33. The zero-order chi connectivity index (χ0) is 12.5. The van der Waals surface area contributed by atoms with Crippen LogP contribution in [0, 0.1) is 0 Å². The highest BCUT2D eigenvalue weighted by Crippen LogP contribution is 2.34. The maximum Gasteiger partial charge on any atom is 0.0794 e. The predicted octanol–water partition coefficient (Wildman–Crippen LogP) is 2.18. The van der Waals surface area contributed by atoms with E-state index in [1.165, 1.54) is 0 Å². The number of hydrogen-bond donors (Lipinski definition) is 2. The maximum absolute atomic E-state index is 10.1. The van der Waals surface area contributed by atoms with Crippen LogP contribution in [0.2, 0.25) is 5.02 Å². The van der Waals surface area contributed by atoms with Crippen molar-refractivity contribution < 1.29 is 10.2 Å². The molecule has 0 amide bonds. The lowest BCUT2D eigenvalue weighted by atomic mass is 9.94. The van der Waals surface area contributed by atoms with E-state index in [0.717, 1.165) is 30.6 Å². The second kappa shape index (κ2) is 4.84. The smallest absolute Gasteiger partial charge is 0.0794 e. The van der Waals surface area contributed by atoms with Gasteiger partial charge in [-0.1, -0.05) is 23.7 Å². The Morgan fingerprint density at radius 3 is 2.88 bits per heavy atom. The Morgan fingerprint density at radius 1 is 1.47 bits per heavy atom. The van der Waals surface area contributed by atoms with Crippen molar-refractivity contribution in [1.29, 1.82) is 0 Å². The zero-order valence-electron chi connectivity index (χ0n) is 9.99. The van der Waals surface area contributed by atoms with Gasteiger partial charge in [-0.05, 0) is 25.8 Å². The van der Waals surface area contributed by atoms with Crippen LogP contribution < -0.4 is 4.90 Å². The van der Waals surface area contributed by atoms with Crippen LogP contribution >= 0.6 is 11.6 Å². The van der Waals surface area contributed by atoms with E-state index < -0.39 is 5.60 Å². The van der Waals surface area contributed by atoms with Crippen LogP contribution in [-0.4, -0.2) is 28.9 Å². The number of para-hydroxylation sites is 1. The van der Waals surface area contributed by atoms with E-state index in [9.17, 15) is 10.2 Å². The molecule has 1 aromatic rings. The second-order valence-electron chi connectivity index (χ2n) is 4.93. The van der Waals surface area contributed by atoms with Crippen molar-refractivity contribution in [1.82, 2.24) is 0 Å². The van der Waals surface area contributed by atoms with E-state index in [4.69, 9.17) is 11.6 Å². The van der Waals surface area contributed by atoms with Gasteiger partial charge in [0, 0.05) is 18.7 Å². The van der Waals surface area contributed by atoms with E-state index in [1.54, 1.807) is 0 Å². The Hall–Kier alpha value is -0.770. The van der Waals surface area contributed by atoms with Crippen LogP contribution in [0.5, 0.6) is 0 Å². The molecule has 0 aromatic heterocycles. The molecule has 1 aliphatic rings. The molecule has 4 heteroatoms. The first-order valence-electron chi connectivity index (χ1n) is 5.89. The molecule has 94 valence electrons. The lowest BCUT2D eigenvalue weighted by molar-refractivity contribution is 0.0448. The first-order valence-corrected chi connectivity index (χ1v) is 6.27. The molecule has 1 unspecified atom stereocenters. The van der Waals surface area contributed by atoms with Crippen molar-refractivity contribution in [2.24, 2.45) is 0 Å². The molecule has 1 heterocycles. The summed E-state index contributed by atoms with van der Waals surface area (Å²) in [6.45, 7) is 3.24. The minimum Gasteiger partial charge on any atom is -0.392 e. The van der Waals surface area contributed by atoms with Crippen molar-refractivity contribution in [2.75, 3.05) is 18.0 Å². The lowest BCUT2D eigenvalue weighted by Gasteiger charge is -2.39. The minimum atomic E-state index is -0.676. The Labute approximate surface area is 107 Å². The molecule has 1 saturated heterocycles. The van der Waals surface area contributed by atoms with Gasteiger partial charge in [-0.2, -0.15) is 0 Å². The summed E-state index contributed by atoms with van der Waals surface area (Å²) in [6, 6.07) is 5.52. The summed E-state index contributed by atoms with van der Waals surface area (Å²) in [7, 11) is 0. The van der Waals surface area contributed by atoms with E-state index in [2.05, 4.69) is 4.90 Å². The topological polar surface area (TPSA) is 43.7 Å². The minimum absolute atomic E-state index is 0.0332. The predicted molar refractivity (Wildman–Crippen MR) is 69.4 cm³/mol. The molecule has 0 spiro atoms. The van der Waals surface area contributed by atoms with Gasteiger partial charge < -0.3 is 15.1 Å². The molecule has 1 atom stereocenters. The monoisotopic (exact) mass is 255 g/mol. The summed E-state index contributed by atoms with van der Waals surface area (Å²) in [5.74, 6) is 0. The van der Waals surface area contributed by atoms with Crippen molar-refractivity contribution in [2.45, 2.75) is 32.0 Å². The number of piperidine rings is 1. The van der Waals surface area contributed by atoms with Crippen LogP contribution in [-0.2, 0) is 6.61 Å². The van der Waals surface area contributed by atoms with Gasteiger partial charge in [0.05, 0.1) is 22.9 Å². The molecule has 2 N–H and O–H groups in total. The Bertz CT molecular complexity index is 406. The fourth-order valence-corrected chi connectivity index (χ4v) is 2.77. The number of nitrogens with zero attached hydrogens (tertiary/aromatic N) is 1. The van der Waals surface area contributed by atoms with Gasteiger partial charge in [0.15, 0.2) is 0 Å². The Morgan fingerprint density at radius 2 is 2.24 bits per heavy atom. The summed E-state index contributed by atoms with van der Waals surface area (Å²) in [5, 5.41) is 20.1. The van der Waals surface area contributed by atoms with Crippen LogP contribution in [0.3, 0.4) is 0 Å². The number of aliphatic hydroxyl groups excluding tert-OH is 1. The largest absolute Gasteiger partial charge is 0.392 e. The van der Waals surface area contributed by atoms with E-state index in [-0.39, 0.29) is 6.61 Å². The van der Waals surface area contributed by atoms with Crippen molar-refractivity contribution in [3.63, 3.8) is 0 Å². The van der Waals surface area contributed by atoms with Crippen LogP contribution in [0.4, 0.5) is 5.69 Å². The summed E-state index contributed by atoms with van der Waals surface area (Å²) in [6.07, 6.45) is 1.74. The summed E-state index contributed by atoms with van der Waals surface area (Å²) in [5.41, 5.74) is 0.997. The molecular formula is C13H18ClNO2. The number of aliphatic hydroxyl groups is 2. The third-order valence-electron chi connectivity index (χ3n) is 3.23. The van der Waals surface area contributed by atoms with Crippen molar-refractivity contribution in [3.05, 3.63) is 28.8 Å². The fourth-order valence-electron chi connectivity index (χ4n) is 2.45. The summed E-state index contributed by atoms with van der Waals surface area (Å²) >= 11 is 6.20. The molecule has 1 fully saturated rings. The molecule has 3 nitrogen and oxygen atoms in total. The molecule has 1 aromatic carbocycles. The number of β-amino-alcohol motifs (C(OH)–C–C–N with tert-alkyl or cyclic N) is 1. The molecule has 0 aliphatic carbocycles. The van der Waals surface area contributed by atoms with Crippen molar-refractivity contribution >= 4 is 17.3 Å². The molecule has 17 heavy (non-hydrogen) atoms. The third-order valence-corrected chi connectivity index (χ3v) is 3.54. The van der Waals surface area contributed by atoms with Gasteiger partial charge in [-0.25, -0.2) is 0 Å². The average molecular weight is 256 g/mol. The van der Waals surface area contributed by atoms with Crippen molar-refractivity contribution in [3.8, 4) is 0 Å². The SMILES string of the molecule is CC1(O)CCCN(c2c(Cl)cccc2CO)C1. The standard InChI is InChI=1S/C13H18ClNO2/c1-13(17)6-3-7-15(9-13)12-10(8-16)4-2-5-11(12)14/h2,4-5,16-17H,3,6-9H2,1H3. The molecular weight excluding hydrogens is 238 g/mol. The summed E-state index contributed by atoms with van der Waals surface area (Å²) < 4.78 is 0. The molecule has 0 bridgehead atoms. The van der Waals surface area contributed by atoms with Gasteiger partial charge in [0.1, 0.15) is 0 Å². The van der Waals surface area contributed by atoms with E-state index in [0.29, 0.717) is 11.6 Å². The van der Waals surface area contributed by atoms with E-state index in [1.807, 2.05) is 25.1 Å². The maximum atomic E-state index is 10.1. The number of benzene rings is 1. The quantitative estimate of drug-likeness (QED) is 0.851. The Kier molecular flexibility index (Phi) is 3.61. The highest BCUT2D eigenvalue weighted by Gasteiger charge is 2.30. The molecule has 0 saturated carbocycles. The van der Waals surface area contributed by atoms with Gasteiger partial charge in [-0.15, -0.1) is 0 Å². The highest BCUT2D eigenvalue weighted by atomic mass is 35.5. The number of hydrogen-bond acceptors (Lipinski definition) is 3. The molecule has 1 aliphatic heterocycles. The van der Waals surface area contributed by atoms with Gasteiger partial charge in [0.25, 0.3) is 0 Å². The Balaban J connectivity index is 2.33. The van der Waals surface area contributed by atoms with Crippen LogP contribution in [0.25, 0.3) is 0 Å². The summed E-state index contributed by atoms with van der Waals surface area (Å²) in [4.78, 5) is 2.07. The fraction of sp³-hybridized carbons (Fsp3) is 0.538. The molecule has 0 radical (unpaired) electrons. The average Bonchev–Trinajstić information content (AvgIpc) is 2.27. The first kappa shape index (κ1) is 12.7.